The highest BCUT2D eigenvalue weighted by atomic mass is 15.2. The zero-order chi connectivity index (χ0) is 14.7. The van der Waals surface area contributed by atoms with Crippen LogP contribution in [0.3, 0.4) is 0 Å². The molecule has 0 aliphatic rings. The van der Waals surface area contributed by atoms with Crippen molar-refractivity contribution in [2.45, 2.75) is 6.42 Å². The maximum absolute atomic E-state index is 9.25. The van der Waals surface area contributed by atoms with Crippen LogP contribution in [0.1, 0.15) is 11.3 Å². The van der Waals surface area contributed by atoms with Gasteiger partial charge in [-0.05, 0) is 18.2 Å². The maximum atomic E-state index is 9.25. The smallest absolute Gasteiger partial charge is 0.144 e. The number of nitriles is 1. The van der Waals surface area contributed by atoms with Gasteiger partial charge in [0.05, 0.1) is 16.8 Å². The van der Waals surface area contributed by atoms with Gasteiger partial charge in [0, 0.05) is 31.6 Å². The largest absolute Gasteiger partial charge is 0.369 e. The number of nitrogens with one attached hydrogen (secondary N) is 1. The van der Waals surface area contributed by atoms with Crippen molar-refractivity contribution in [3.05, 3.63) is 53.9 Å². The summed E-state index contributed by atoms with van der Waals surface area (Å²) in [5, 5.41) is 17.8. The number of aryl methyl sites for hydroxylation is 1. The van der Waals surface area contributed by atoms with E-state index in [1.54, 1.807) is 4.68 Å². The average Bonchev–Trinajstić information content (AvgIpc) is 2.92. The fraction of sp³-hybridized carbons (Fsp3) is 0.188. The molecule has 1 aromatic carbocycles. The molecule has 0 saturated heterocycles. The molecule has 104 valence electrons. The normalized spacial score (nSPS) is 10.5. The summed E-state index contributed by atoms with van der Waals surface area (Å²) in [7, 11) is 1.90. The Kier molecular flexibility index (Phi) is 3.52. The van der Waals surface area contributed by atoms with Crippen molar-refractivity contribution in [3.63, 3.8) is 0 Å². The molecule has 0 amide bonds. The summed E-state index contributed by atoms with van der Waals surface area (Å²) in [6.07, 6.45) is 2.71. The molecule has 0 aliphatic heterocycles. The van der Waals surface area contributed by atoms with Crippen LogP contribution in [0.15, 0.2) is 42.6 Å². The Morgan fingerprint density at radius 2 is 2.14 bits per heavy atom. The van der Waals surface area contributed by atoms with Gasteiger partial charge < -0.3 is 5.32 Å². The molecule has 0 radical (unpaired) electrons. The highest BCUT2D eigenvalue weighted by molar-refractivity contribution is 5.82. The van der Waals surface area contributed by atoms with Crippen LogP contribution >= 0.6 is 0 Å². The number of rotatable bonds is 4. The number of fused-ring (bicyclic) bond motifs is 1. The molecule has 21 heavy (non-hydrogen) atoms. The predicted octanol–water partition coefficient (Wildman–Crippen LogP) is 2.49. The lowest BCUT2D eigenvalue weighted by Gasteiger charge is -2.08. The topological polar surface area (TPSA) is 66.5 Å². The lowest BCUT2D eigenvalue weighted by Crippen LogP contribution is -2.08. The SMILES string of the molecule is Cn1ccc(CCNc2nc3ccccc3cc2C#N)n1. The standard InChI is InChI=1S/C16H15N5/c1-21-9-7-14(20-21)6-8-18-16-13(11-17)10-12-4-2-3-5-15(12)19-16/h2-5,7,9-10H,6,8H2,1H3,(H,18,19). The molecule has 0 atom stereocenters. The molecule has 2 aromatic heterocycles. The highest BCUT2D eigenvalue weighted by Crippen LogP contribution is 2.19. The van der Waals surface area contributed by atoms with E-state index in [0.29, 0.717) is 17.9 Å². The Balaban J connectivity index is 1.78. The number of hydrogen-bond acceptors (Lipinski definition) is 4. The van der Waals surface area contributed by atoms with Gasteiger partial charge in [-0.25, -0.2) is 4.98 Å². The van der Waals surface area contributed by atoms with Gasteiger partial charge in [0.2, 0.25) is 0 Å². The van der Waals surface area contributed by atoms with Gasteiger partial charge in [0.1, 0.15) is 11.9 Å². The summed E-state index contributed by atoms with van der Waals surface area (Å²) in [4.78, 5) is 4.52. The third-order valence-corrected chi connectivity index (χ3v) is 3.29. The first kappa shape index (κ1) is 13.1. The monoisotopic (exact) mass is 277 g/mol. The Morgan fingerprint density at radius 1 is 1.29 bits per heavy atom. The van der Waals surface area contributed by atoms with Crippen molar-refractivity contribution < 1.29 is 0 Å². The van der Waals surface area contributed by atoms with Gasteiger partial charge in [0.25, 0.3) is 0 Å². The number of para-hydroxylation sites is 1. The zero-order valence-electron chi connectivity index (χ0n) is 11.7. The minimum Gasteiger partial charge on any atom is -0.369 e. The second-order valence-corrected chi connectivity index (χ2v) is 4.85. The number of aromatic nitrogens is 3. The third kappa shape index (κ3) is 2.84. The summed E-state index contributed by atoms with van der Waals surface area (Å²) in [6.45, 7) is 0.692. The Morgan fingerprint density at radius 3 is 2.90 bits per heavy atom. The summed E-state index contributed by atoms with van der Waals surface area (Å²) < 4.78 is 1.78. The van der Waals surface area contributed by atoms with Crippen LogP contribution in [0, 0.1) is 11.3 Å². The average molecular weight is 277 g/mol. The molecule has 0 aliphatic carbocycles. The zero-order valence-corrected chi connectivity index (χ0v) is 11.7. The Hall–Kier alpha value is -2.87. The van der Waals surface area contributed by atoms with Crippen LogP contribution in [0.5, 0.6) is 0 Å². The van der Waals surface area contributed by atoms with Crippen LogP contribution < -0.4 is 5.32 Å². The number of nitrogens with zero attached hydrogens (tertiary/aromatic N) is 4. The first-order valence-electron chi connectivity index (χ1n) is 6.78. The van der Waals surface area contributed by atoms with Gasteiger partial charge in [-0.15, -0.1) is 0 Å². The fourth-order valence-electron chi connectivity index (χ4n) is 2.24. The summed E-state index contributed by atoms with van der Waals surface area (Å²) in [5.41, 5.74) is 2.47. The van der Waals surface area contributed by atoms with E-state index >= 15 is 0 Å². The first-order chi connectivity index (χ1) is 10.3. The third-order valence-electron chi connectivity index (χ3n) is 3.29. The van der Waals surface area contributed by atoms with Crippen molar-refractivity contribution in [2.24, 2.45) is 7.05 Å². The molecule has 0 unspecified atom stereocenters. The lowest BCUT2D eigenvalue weighted by molar-refractivity contribution is 0.742. The number of pyridine rings is 1. The maximum Gasteiger partial charge on any atom is 0.144 e. The van der Waals surface area contributed by atoms with E-state index in [4.69, 9.17) is 0 Å². The molecule has 1 N–H and O–H groups in total. The van der Waals surface area contributed by atoms with Gasteiger partial charge in [-0.3, -0.25) is 4.68 Å². The van der Waals surface area contributed by atoms with Gasteiger partial charge in [0.15, 0.2) is 0 Å². The molecule has 2 heterocycles. The van der Waals surface area contributed by atoms with Crippen molar-refractivity contribution in [1.82, 2.24) is 14.8 Å². The van der Waals surface area contributed by atoms with Crippen LogP contribution in [0.25, 0.3) is 10.9 Å². The molecule has 0 fully saturated rings. The van der Waals surface area contributed by atoms with Gasteiger partial charge >= 0.3 is 0 Å². The fourth-order valence-corrected chi connectivity index (χ4v) is 2.24. The van der Waals surface area contributed by atoms with Crippen molar-refractivity contribution in [1.29, 1.82) is 5.26 Å². The quantitative estimate of drug-likeness (QED) is 0.795. The summed E-state index contributed by atoms with van der Waals surface area (Å²) in [5.74, 6) is 0.632. The lowest BCUT2D eigenvalue weighted by atomic mass is 10.1. The van der Waals surface area contributed by atoms with Crippen molar-refractivity contribution in [2.75, 3.05) is 11.9 Å². The molecular weight excluding hydrogens is 262 g/mol. The highest BCUT2D eigenvalue weighted by Gasteiger charge is 2.06. The minimum absolute atomic E-state index is 0.565. The second kappa shape index (κ2) is 5.63. The molecule has 3 rings (SSSR count). The van der Waals surface area contributed by atoms with E-state index in [9.17, 15) is 5.26 Å². The second-order valence-electron chi connectivity index (χ2n) is 4.85. The van der Waals surface area contributed by atoms with Crippen LogP contribution in [-0.2, 0) is 13.5 Å². The number of hydrogen-bond donors (Lipinski definition) is 1. The molecule has 0 spiro atoms. The van der Waals surface area contributed by atoms with E-state index in [1.165, 1.54) is 0 Å². The minimum atomic E-state index is 0.565. The number of anilines is 1. The van der Waals surface area contributed by atoms with Crippen LogP contribution in [0.4, 0.5) is 5.82 Å². The summed E-state index contributed by atoms with van der Waals surface area (Å²) >= 11 is 0. The molecule has 5 nitrogen and oxygen atoms in total. The van der Waals surface area contributed by atoms with E-state index in [2.05, 4.69) is 21.5 Å². The van der Waals surface area contributed by atoms with Crippen molar-refractivity contribution >= 4 is 16.7 Å². The molecular formula is C16H15N5. The Bertz CT molecular complexity index is 813. The Labute approximate surface area is 122 Å². The molecule has 3 aromatic rings. The van der Waals surface area contributed by atoms with E-state index in [-0.39, 0.29) is 0 Å². The first-order valence-corrected chi connectivity index (χ1v) is 6.78. The van der Waals surface area contributed by atoms with Crippen molar-refractivity contribution in [3.8, 4) is 6.07 Å². The predicted molar refractivity (Wildman–Crippen MR) is 81.9 cm³/mol. The van der Waals surface area contributed by atoms with E-state index < -0.39 is 0 Å². The van der Waals surface area contributed by atoms with Crippen LogP contribution in [-0.4, -0.2) is 21.3 Å². The van der Waals surface area contributed by atoms with E-state index in [1.807, 2.05) is 49.6 Å². The summed E-state index contributed by atoms with van der Waals surface area (Å²) in [6, 6.07) is 13.8. The van der Waals surface area contributed by atoms with Gasteiger partial charge in [-0.1, -0.05) is 18.2 Å². The van der Waals surface area contributed by atoms with E-state index in [0.717, 1.165) is 23.0 Å². The molecule has 0 bridgehead atoms. The van der Waals surface area contributed by atoms with Crippen LogP contribution in [0.2, 0.25) is 0 Å². The molecule has 0 saturated carbocycles. The number of benzene rings is 1. The van der Waals surface area contributed by atoms with Gasteiger partial charge in [-0.2, -0.15) is 10.4 Å². The molecule has 5 heteroatoms.